The van der Waals surface area contributed by atoms with E-state index < -0.39 is 53.3 Å². The predicted octanol–water partition coefficient (Wildman–Crippen LogP) is -0.285. The largest absolute Gasteiger partial charge is 1.00 e. The van der Waals surface area contributed by atoms with Crippen molar-refractivity contribution in [1.82, 2.24) is 20.9 Å². The van der Waals surface area contributed by atoms with Crippen molar-refractivity contribution in [2.45, 2.75) is 129 Å². The Kier molecular flexibility index (Phi) is 19.1. The first kappa shape index (κ1) is 48.0. The molecule has 1 aliphatic carbocycles. The van der Waals surface area contributed by atoms with Crippen LogP contribution in [0, 0.1) is 17.8 Å². The summed E-state index contributed by atoms with van der Waals surface area (Å²) in [4.78, 5) is 69.6. The van der Waals surface area contributed by atoms with Crippen LogP contribution in [0.1, 0.15) is 109 Å². The minimum Gasteiger partial charge on any atom is -0.549 e. The Hall–Kier alpha value is -3.33. The first-order valence-electron chi connectivity index (χ1n) is 20.2. The number of carbonyl (C=O) groups excluding carboxylic acids is 5. The third-order valence-corrected chi connectivity index (χ3v) is 10.9. The van der Waals surface area contributed by atoms with Crippen molar-refractivity contribution in [2.75, 3.05) is 19.7 Å². The number of aliphatic hydroxyl groups excluding tert-OH is 1. The summed E-state index contributed by atoms with van der Waals surface area (Å²) < 4.78 is 6.20. The fourth-order valence-electron chi connectivity index (χ4n) is 8.31. The van der Waals surface area contributed by atoms with Gasteiger partial charge in [-0.1, -0.05) is 102 Å². The summed E-state index contributed by atoms with van der Waals surface area (Å²) in [5.41, 5.74) is 6.79. The maximum Gasteiger partial charge on any atom is 1.00 e. The molecule has 4 rings (SSSR count). The molecule has 308 valence electrons. The summed E-state index contributed by atoms with van der Waals surface area (Å²) in [6.07, 6.45) is 4.06. The molecular formula is C43H62N5NaO8. The van der Waals surface area contributed by atoms with Crippen LogP contribution in [-0.4, -0.2) is 83.0 Å². The van der Waals surface area contributed by atoms with Crippen molar-refractivity contribution in [1.29, 1.82) is 0 Å². The van der Waals surface area contributed by atoms with Crippen LogP contribution in [0.2, 0.25) is 0 Å². The van der Waals surface area contributed by atoms with Gasteiger partial charge in [-0.15, -0.1) is 0 Å². The molecule has 1 unspecified atom stereocenters. The average Bonchev–Trinajstić information content (AvgIpc) is 3.57. The Labute approximate surface area is 359 Å². The van der Waals surface area contributed by atoms with Crippen LogP contribution >= 0.6 is 0 Å². The Balaban J connectivity index is 0.00000870. The van der Waals surface area contributed by atoms with Crippen LogP contribution in [0.3, 0.4) is 0 Å². The molecule has 0 bridgehead atoms. The number of aliphatic carboxylic acids is 1. The van der Waals surface area contributed by atoms with Crippen LogP contribution in [0.25, 0.3) is 0 Å². The summed E-state index contributed by atoms with van der Waals surface area (Å²) in [5.74, 6) is -3.90. The van der Waals surface area contributed by atoms with E-state index >= 15 is 4.79 Å². The standard InChI is InChI=1S/C43H63N5O8.Na/c1-27(2)22-43(48(29(5)49)41(54)35(44)19-30-12-8-6-9-13-30,34-26-56-38-17-16-32(18-33(34)38)24-45-25-40(52)53)42(55)47-36(20-31-14-10-7-11-15-31)37(50)21-39(51)46-23-28(3)4;/h6,8-9,12-13,16-18,27-28,31,34-37,45,50H,7,10-11,14-15,19-26,44H2,1-5H3,(H,46,51)(H,47,55)(H,52,53);/q;+1/p-1/t34?,35-,36-,37-,43-;/m0./s1. The van der Waals surface area contributed by atoms with Gasteiger partial charge in [0.1, 0.15) is 11.3 Å². The van der Waals surface area contributed by atoms with Gasteiger partial charge in [-0.25, -0.2) is 0 Å². The second-order valence-electron chi connectivity index (χ2n) is 16.5. The molecule has 1 aliphatic heterocycles. The third kappa shape index (κ3) is 13.3. The molecule has 6 N–H and O–H groups in total. The van der Waals surface area contributed by atoms with Gasteiger partial charge in [-0.2, -0.15) is 0 Å². The van der Waals surface area contributed by atoms with Gasteiger partial charge in [0, 0.05) is 32.1 Å². The Morgan fingerprint density at radius 2 is 1.67 bits per heavy atom. The first-order chi connectivity index (χ1) is 26.6. The van der Waals surface area contributed by atoms with Crippen molar-refractivity contribution in [3.63, 3.8) is 0 Å². The number of nitrogens with one attached hydrogen (secondary N) is 3. The molecule has 1 fully saturated rings. The fraction of sp³-hybridized carbons (Fsp3) is 0.605. The molecule has 14 heteroatoms. The molecule has 2 aromatic rings. The zero-order chi connectivity index (χ0) is 41.0. The molecule has 57 heavy (non-hydrogen) atoms. The number of hydrogen-bond donors (Lipinski definition) is 5. The van der Waals surface area contributed by atoms with E-state index in [-0.39, 0.29) is 92.2 Å². The van der Waals surface area contributed by atoms with Crippen molar-refractivity contribution in [3.05, 3.63) is 65.2 Å². The van der Waals surface area contributed by atoms with Crippen LogP contribution < -0.4 is 61.1 Å². The number of amides is 4. The van der Waals surface area contributed by atoms with Gasteiger partial charge in [0.2, 0.25) is 23.6 Å². The van der Waals surface area contributed by atoms with Gasteiger partial charge in [0.15, 0.2) is 0 Å². The topological polar surface area (TPSA) is 203 Å². The van der Waals surface area contributed by atoms with Crippen molar-refractivity contribution in [3.8, 4) is 5.75 Å². The molecule has 5 atom stereocenters. The number of aliphatic hydroxyl groups is 1. The van der Waals surface area contributed by atoms with E-state index in [0.717, 1.165) is 42.6 Å². The van der Waals surface area contributed by atoms with Gasteiger partial charge in [-0.05, 0) is 54.2 Å². The SMILES string of the molecule is CC(=O)N(C(=O)[C@@H](N)Cc1ccccc1)[C@](CC(C)C)(C(=O)N[C@@H](CC1CCCCC1)[C@@H](O)CC(=O)NCC(C)C)C1COc2ccc(CNCC(=O)[O-])cc21.[Na+]. The number of rotatable bonds is 20. The van der Waals surface area contributed by atoms with Gasteiger partial charge < -0.3 is 41.4 Å². The number of benzene rings is 2. The number of carboxylic acids is 1. The number of nitrogens with two attached hydrogens (primary N) is 1. The van der Waals surface area contributed by atoms with E-state index in [2.05, 4.69) is 16.0 Å². The Morgan fingerprint density at radius 1 is 0.982 bits per heavy atom. The fourth-order valence-corrected chi connectivity index (χ4v) is 8.31. The predicted molar refractivity (Wildman–Crippen MR) is 211 cm³/mol. The number of carbonyl (C=O) groups is 5. The molecule has 2 aromatic carbocycles. The van der Waals surface area contributed by atoms with E-state index in [1.165, 1.54) is 6.92 Å². The maximum atomic E-state index is 15.6. The minimum atomic E-state index is -1.89. The number of hydrogen-bond acceptors (Lipinski definition) is 10. The van der Waals surface area contributed by atoms with Gasteiger partial charge >= 0.3 is 29.6 Å². The first-order valence-corrected chi connectivity index (χ1v) is 20.2. The third-order valence-electron chi connectivity index (χ3n) is 10.9. The molecule has 4 amide bonds. The van der Waals surface area contributed by atoms with Crippen molar-refractivity contribution in [2.24, 2.45) is 23.5 Å². The second kappa shape index (κ2) is 22.7. The summed E-state index contributed by atoms with van der Waals surface area (Å²) in [6, 6.07) is 12.4. The smallest absolute Gasteiger partial charge is 0.549 e. The zero-order valence-corrected chi connectivity index (χ0v) is 36.7. The number of ether oxygens (including phenoxy) is 1. The molecule has 0 saturated heterocycles. The molecule has 1 heterocycles. The van der Waals surface area contributed by atoms with E-state index in [4.69, 9.17) is 10.5 Å². The molecule has 2 aliphatic rings. The van der Waals surface area contributed by atoms with E-state index in [1.807, 2.05) is 58.0 Å². The van der Waals surface area contributed by atoms with Crippen LogP contribution in [0.5, 0.6) is 5.75 Å². The molecule has 13 nitrogen and oxygen atoms in total. The Morgan fingerprint density at radius 3 is 2.28 bits per heavy atom. The summed E-state index contributed by atoms with van der Waals surface area (Å²) in [5, 5.41) is 31.7. The number of carboxylic acid groups (broad SMARTS) is 1. The Bertz CT molecular complexity index is 1650. The van der Waals surface area contributed by atoms with Crippen LogP contribution in [0.4, 0.5) is 0 Å². The van der Waals surface area contributed by atoms with Gasteiger partial charge in [-0.3, -0.25) is 24.1 Å². The van der Waals surface area contributed by atoms with Gasteiger partial charge in [0.25, 0.3) is 0 Å². The molecule has 1 saturated carbocycles. The maximum absolute atomic E-state index is 15.6. The monoisotopic (exact) mass is 799 g/mol. The van der Waals surface area contributed by atoms with E-state index in [1.54, 1.807) is 18.2 Å². The van der Waals surface area contributed by atoms with Gasteiger partial charge in [0.05, 0.1) is 43.1 Å². The average molecular weight is 800 g/mol. The number of imide groups is 1. The summed E-state index contributed by atoms with van der Waals surface area (Å²) in [6.45, 7) is 9.19. The molecule has 0 spiro atoms. The molecule has 0 aromatic heterocycles. The zero-order valence-electron chi connectivity index (χ0n) is 34.7. The summed E-state index contributed by atoms with van der Waals surface area (Å²) in [7, 11) is 0. The number of fused-ring (bicyclic) bond motifs is 1. The van der Waals surface area contributed by atoms with Crippen LogP contribution in [0.15, 0.2) is 48.5 Å². The minimum absolute atomic E-state index is 0. The van der Waals surface area contributed by atoms with Crippen molar-refractivity contribution < 1.29 is 68.5 Å². The van der Waals surface area contributed by atoms with Crippen LogP contribution in [-0.2, 0) is 36.9 Å². The number of nitrogens with zero attached hydrogens (tertiary/aromatic N) is 1. The van der Waals surface area contributed by atoms with E-state index in [0.29, 0.717) is 29.8 Å². The van der Waals surface area contributed by atoms with E-state index in [9.17, 15) is 29.4 Å². The summed E-state index contributed by atoms with van der Waals surface area (Å²) >= 11 is 0. The van der Waals surface area contributed by atoms with Crippen molar-refractivity contribution >= 4 is 29.6 Å². The normalized spacial score (nSPS) is 17.9. The quantitative estimate of drug-likeness (QED) is 0.111. The second-order valence-corrected chi connectivity index (χ2v) is 16.5. The molecular weight excluding hydrogens is 737 g/mol. The molecule has 0 radical (unpaired) electrons.